The Morgan fingerprint density at radius 2 is 1.71 bits per heavy atom. The van der Waals surface area contributed by atoms with Crippen molar-refractivity contribution in [2.45, 2.75) is 38.9 Å². The van der Waals surface area contributed by atoms with Gasteiger partial charge in [0, 0.05) is 17.2 Å². The van der Waals surface area contributed by atoms with Gasteiger partial charge in [0.25, 0.3) is 0 Å². The van der Waals surface area contributed by atoms with Gasteiger partial charge in [-0.1, -0.05) is 6.07 Å². The van der Waals surface area contributed by atoms with E-state index in [-0.39, 0.29) is 5.69 Å². The summed E-state index contributed by atoms with van der Waals surface area (Å²) in [4.78, 5) is 0. The topological polar surface area (TPSA) is 44.5 Å². The number of halogens is 1. The van der Waals surface area contributed by atoms with Crippen molar-refractivity contribution >= 4 is 18.3 Å². The summed E-state index contributed by atoms with van der Waals surface area (Å²) in [7, 11) is -0.711. The molecule has 1 aromatic rings. The highest BCUT2D eigenvalue weighted by Crippen LogP contribution is 2.36. The first-order valence-electron chi connectivity index (χ1n) is 5.56. The molecule has 0 spiro atoms. The SMILES string of the molecule is CC1(C)OB(c2ccc(N)[c]c2F)OC1(C)C. The van der Waals surface area contributed by atoms with Gasteiger partial charge in [0.1, 0.15) is 5.82 Å². The first-order valence-corrected chi connectivity index (χ1v) is 5.56. The average molecular weight is 236 g/mol. The third-order valence-corrected chi connectivity index (χ3v) is 3.46. The molecule has 1 aliphatic heterocycles. The van der Waals surface area contributed by atoms with Crippen LogP contribution in [0.25, 0.3) is 0 Å². The van der Waals surface area contributed by atoms with Crippen LogP contribution in [-0.2, 0) is 9.31 Å². The first-order chi connectivity index (χ1) is 7.73. The van der Waals surface area contributed by atoms with Crippen LogP contribution in [0, 0.1) is 11.9 Å². The number of anilines is 1. The minimum absolute atomic E-state index is 0.266. The summed E-state index contributed by atoms with van der Waals surface area (Å²) < 4.78 is 25.2. The Hall–Kier alpha value is -1.07. The van der Waals surface area contributed by atoms with E-state index in [9.17, 15) is 4.39 Å². The standard InChI is InChI=1S/C12H16BFNO2/c1-11(2)12(3,4)17-13(16-11)9-6-5-8(15)7-10(9)14/h5-6H,15H2,1-4H3. The summed E-state index contributed by atoms with van der Waals surface area (Å²) in [6.07, 6.45) is 0. The number of benzene rings is 1. The van der Waals surface area contributed by atoms with Crippen LogP contribution in [-0.4, -0.2) is 18.3 Å². The van der Waals surface area contributed by atoms with Crippen molar-refractivity contribution in [2.75, 3.05) is 5.73 Å². The van der Waals surface area contributed by atoms with E-state index >= 15 is 0 Å². The number of nitrogens with two attached hydrogens (primary N) is 1. The molecule has 1 fully saturated rings. The van der Waals surface area contributed by atoms with Crippen molar-refractivity contribution in [1.82, 2.24) is 0 Å². The van der Waals surface area contributed by atoms with Crippen molar-refractivity contribution in [1.29, 1.82) is 0 Å². The fourth-order valence-electron chi connectivity index (χ4n) is 1.65. The molecule has 0 unspecified atom stereocenters. The van der Waals surface area contributed by atoms with E-state index in [2.05, 4.69) is 6.07 Å². The average Bonchev–Trinajstić information content (AvgIpc) is 2.35. The van der Waals surface area contributed by atoms with Crippen LogP contribution in [0.5, 0.6) is 0 Å². The van der Waals surface area contributed by atoms with Crippen LogP contribution in [0.15, 0.2) is 12.1 Å². The summed E-state index contributed by atoms with van der Waals surface area (Å²) in [6, 6.07) is 5.58. The Balaban J connectivity index is 2.32. The molecule has 0 aliphatic carbocycles. The van der Waals surface area contributed by atoms with Crippen molar-refractivity contribution in [2.24, 2.45) is 0 Å². The van der Waals surface area contributed by atoms with Gasteiger partial charge >= 0.3 is 7.12 Å². The van der Waals surface area contributed by atoms with Crippen molar-refractivity contribution < 1.29 is 13.7 Å². The molecule has 17 heavy (non-hydrogen) atoms. The van der Waals surface area contributed by atoms with Crippen LogP contribution in [0.2, 0.25) is 0 Å². The van der Waals surface area contributed by atoms with Gasteiger partial charge in [0.15, 0.2) is 0 Å². The van der Waals surface area contributed by atoms with E-state index in [1.807, 2.05) is 27.7 Å². The lowest BCUT2D eigenvalue weighted by atomic mass is 9.78. The lowest BCUT2D eigenvalue weighted by Gasteiger charge is -2.32. The van der Waals surface area contributed by atoms with Gasteiger partial charge < -0.3 is 15.0 Å². The van der Waals surface area contributed by atoms with E-state index in [1.165, 1.54) is 0 Å². The van der Waals surface area contributed by atoms with Crippen molar-refractivity contribution in [3.63, 3.8) is 0 Å². The fourth-order valence-corrected chi connectivity index (χ4v) is 1.65. The van der Waals surface area contributed by atoms with Gasteiger partial charge in [-0.15, -0.1) is 0 Å². The van der Waals surface area contributed by atoms with Crippen LogP contribution >= 0.6 is 0 Å². The molecule has 1 heterocycles. The second kappa shape index (κ2) is 3.72. The quantitative estimate of drug-likeness (QED) is 0.593. The number of nitrogen functional groups attached to an aromatic ring is 1. The third-order valence-electron chi connectivity index (χ3n) is 3.46. The Kier molecular flexibility index (Phi) is 2.71. The second-order valence-corrected chi connectivity index (χ2v) is 5.27. The van der Waals surface area contributed by atoms with Gasteiger partial charge in [0.2, 0.25) is 0 Å². The maximum atomic E-state index is 13.7. The Bertz CT molecular complexity index is 432. The Morgan fingerprint density at radius 1 is 1.18 bits per heavy atom. The molecule has 3 nitrogen and oxygen atoms in total. The van der Waals surface area contributed by atoms with Crippen LogP contribution in [0.4, 0.5) is 10.1 Å². The Morgan fingerprint density at radius 3 is 2.18 bits per heavy atom. The lowest BCUT2D eigenvalue weighted by molar-refractivity contribution is 0.00578. The zero-order valence-corrected chi connectivity index (χ0v) is 10.5. The van der Waals surface area contributed by atoms with E-state index < -0.39 is 24.1 Å². The molecule has 5 heteroatoms. The van der Waals surface area contributed by atoms with Gasteiger partial charge in [-0.05, 0) is 33.8 Å². The molecule has 91 valence electrons. The lowest BCUT2D eigenvalue weighted by Crippen LogP contribution is -2.41. The molecule has 0 atom stereocenters. The summed E-state index contributed by atoms with van der Waals surface area (Å²) in [5, 5.41) is 0. The molecular formula is C12H16BFNO2. The minimum Gasteiger partial charge on any atom is -0.399 e. The van der Waals surface area contributed by atoms with Crippen LogP contribution < -0.4 is 11.2 Å². The highest BCUT2D eigenvalue weighted by Gasteiger charge is 2.52. The number of hydrogen-bond acceptors (Lipinski definition) is 3. The number of rotatable bonds is 1. The minimum atomic E-state index is -0.711. The predicted molar refractivity (Wildman–Crippen MR) is 65.4 cm³/mol. The molecule has 0 saturated carbocycles. The fraction of sp³-hybridized carbons (Fsp3) is 0.500. The van der Waals surface area contributed by atoms with E-state index in [4.69, 9.17) is 15.0 Å². The zero-order valence-electron chi connectivity index (χ0n) is 10.5. The summed E-state index contributed by atoms with van der Waals surface area (Å²) >= 11 is 0. The molecular weight excluding hydrogens is 220 g/mol. The maximum absolute atomic E-state index is 13.7. The van der Waals surface area contributed by atoms with Gasteiger partial charge in [-0.25, -0.2) is 4.39 Å². The zero-order chi connectivity index (χ0) is 12.8. The van der Waals surface area contributed by atoms with Crippen molar-refractivity contribution in [3.05, 3.63) is 24.0 Å². The highest BCUT2D eigenvalue weighted by atomic mass is 19.1. The van der Waals surface area contributed by atoms with Gasteiger partial charge in [-0.3, -0.25) is 0 Å². The second-order valence-electron chi connectivity index (χ2n) is 5.27. The van der Waals surface area contributed by atoms with Crippen LogP contribution in [0.3, 0.4) is 0 Å². The third kappa shape index (κ3) is 2.05. The predicted octanol–water partition coefficient (Wildman–Crippen LogP) is 1.51. The molecule has 1 radical (unpaired) electrons. The molecule has 0 aromatic heterocycles. The molecule has 0 amide bonds. The van der Waals surface area contributed by atoms with E-state index in [0.29, 0.717) is 5.46 Å². The monoisotopic (exact) mass is 236 g/mol. The first kappa shape index (κ1) is 12.4. The van der Waals surface area contributed by atoms with E-state index in [1.54, 1.807) is 12.1 Å². The molecule has 1 saturated heterocycles. The number of hydrogen-bond donors (Lipinski definition) is 1. The molecule has 2 rings (SSSR count). The Labute approximate surface area is 101 Å². The molecule has 1 aliphatic rings. The molecule has 0 bridgehead atoms. The molecule has 1 aromatic carbocycles. The largest absolute Gasteiger partial charge is 0.497 e. The highest BCUT2D eigenvalue weighted by molar-refractivity contribution is 6.62. The summed E-state index contributed by atoms with van der Waals surface area (Å²) in [5.74, 6) is -0.525. The van der Waals surface area contributed by atoms with Crippen molar-refractivity contribution in [3.8, 4) is 0 Å². The van der Waals surface area contributed by atoms with Gasteiger partial charge in [-0.2, -0.15) is 0 Å². The molecule has 2 N–H and O–H groups in total. The smallest absolute Gasteiger partial charge is 0.399 e. The van der Waals surface area contributed by atoms with Gasteiger partial charge in [0.05, 0.1) is 11.2 Å². The summed E-state index contributed by atoms with van der Waals surface area (Å²) in [5.41, 5.74) is 5.09. The summed E-state index contributed by atoms with van der Waals surface area (Å²) in [6.45, 7) is 7.69. The normalized spacial score (nSPS) is 21.8. The van der Waals surface area contributed by atoms with E-state index in [0.717, 1.165) is 0 Å². The maximum Gasteiger partial charge on any atom is 0.497 e. The van der Waals surface area contributed by atoms with Crippen LogP contribution in [0.1, 0.15) is 27.7 Å².